The van der Waals surface area contributed by atoms with Crippen molar-refractivity contribution in [2.24, 2.45) is 22.2 Å². The van der Waals surface area contributed by atoms with Gasteiger partial charge in [-0.25, -0.2) is 8.93 Å². The summed E-state index contributed by atoms with van der Waals surface area (Å²) >= 11 is 0. The topological polar surface area (TPSA) is 83.5 Å². The van der Waals surface area contributed by atoms with Crippen molar-refractivity contribution in [3.8, 4) is 0 Å². The van der Waals surface area contributed by atoms with E-state index in [1.165, 1.54) is 42.5 Å². The number of hydrogen-bond donors (Lipinski definition) is 2. The van der Waals surface area contributed by atoms with Crippen molar-refractivity contribution in [1.29, 1.82) is 0 Å². The molecule has 6 atom stereocenters. The van der Waals surface area contributed by atoms with Crippen LogP contribution < -0.4 is 4.72 Å². The highest BCUT2D eigenvalue weighted by atomic mass is 32.2. The SMILES string of the molecule is CC1(C)[C@@H]2CC[C@]13CS(=O)N[C@@]31C(C(=O)c3ccccc3)(C(=O)C(F)(F)F)C(c3ccccc3)=C[C@@]21O. The molecule has 2 N–H and O–H groups in total. The van der Waals surface area contributed by atoms with Gasteiger partial charge in [-0.15, -0.1) is 0 Å². The zero-order valence-electron chi connectivity index (χ0n) is 20.3. The molecular formula is C28H26F3NO4S. The van der Waals surface area contributed by atoms with Gasteiger partial charge >= 0.3 is 6.18 Å². The van der Waals surface area contributed by atoms with Crippen LogP contribution in [0, 0.1) is 22.2 Å². The fourth-order valence-electron chi connectivity index (χ4n) is 8.57. The van der Waals surface area contributed by atoms with Gasteiger partial charge in [0.2, 0.25) is 0 Å². The van der Waals surface area contributed by atoms with E-state index >= 15 is 0 Å². The Kier molecular flexibility index (Phi) is 4.85. The average molecular weight is 530 g/mol. The Morgan fingerprint density at radius 3 is 2.22 bits per heavy atom. The van der Waals surface area contributed by atoms with Gasteiger partial charge in [0.15, 0.2) is 5.78 Å². The number of Topliss-reactive ketones (excluding diaryl/α,β-unsaturated/α-hetero) is 2. The van der Waals surface area contributed by atoms with E-state index in [1.54, 1.807) is 24.3 Å². The number of halogens is 3. The molecule has 2 bridgehead atoms. The molecule has 3 aliphatic carbocycles. The van der Waals surface area contributed by atoms with E-state index in [4.69, 9.17) is 0 Å². The minimum Gasteiger partial charge on any atom is -0.383 e. The second kappa shape index (κ2) is 7.27. The maximum atomic E-state index is 14.8. The summed E-state index contributed by atoms with van der Waals surface area (Å²) in [5, 5.41) is 12.6. The Morgan fingerprint density at radius 1 is 1.03 bits per heavy atom. The lowest BCUT2D eigenvalue weighted by molar-refractivity contribution is -0.186. The Morgan fingerprint density at radius 2 is 1.62 bits per heavy atom. The molecule has 6 rings (SSSR count). The molecule has 2 aromatic carbocycles. The summed E-state index contributed by atoms with van der Waals surface area (Å²) in [4.78, 5) is 28.6. The Hall–Kier alpha value is -2.62. The number of fused-ring (bicyclic) bond motifs is 2. The zero-order chi connectivity index (χ0) is 26.6. The number of alkyl halides is 3. The number of hydrogen-bond acceptors (Lipinski definition) is 4. The van der Waals surface area contributed by atoms with Crippen molar-refractivity contribution in [3.63, 3.8) is 0 Å². The highest BCUT2D eigenvalue weighted by Gasteiger charge is 2.94. The average Bonchev–Trinajstić information content (AvgIpc) is 3.44. The molecular weight excluding hydrogens is 503 g/mol. The van der Waals surface area contributed by atoms with Gasteiger partial charge in [-0.05, 0) is 41.4 Å². The number of rotatable bonds is 4. The Bertz CT molecular complexity index is 1390. The summed E-state index contributed by atoms with van der Waals surface area (Å²) in [6, 6.07) is 15.4. The fraction of sp³-hybridized carbons (Fsp3) is 0.429. The summed E-state index contributed by atoms with van der Waals surface area (Å²) in [6.07, 6.45) is -3.30. The van der Waals surface area contributed by atoms with Crippen LogP contribution in [-0.2, 0) is 15.8 Å². The minimum atomic E-state index is -5.42. The third kappa shape index (κ3) is 2.51. The van der Waals surface area contributed by atoms with E-state index in [1.807, 2.05) is 13.8 Å². The molecule has 0 amide bonds. The number of ketones is 2. The predicted octanol–water partition coefficient (Wildman–Crippen LogP) is 4.26. The van der Waals surface area contributed by atoms with Gasteiger partial charge in [-0.3, -0.25) is 9.59 Å². The Labute approximate surface area is 214 Å². The van der Waals surface area contributed by atoms with E-state index in [0.29, 0.717) is 12.8 Å². The second-order valence-electron chi connectivity index (χ2n) is 11.3. The van der Waals surface area contributed by atoms with Gasteiger partial charge < -0.3 is 5.11 Å². The number of nitrogens with one attached hydrogen (secondary N) is 1. The van der Waals surface area contributed by atoms with E-state index in [9.17, 15) is 32.1 Å². The lowest BCUT2D eigenvalue weighted by atomic mass is 9.48. The summed E-state index contributed by atoms with van der Waals surface area (Å²) < 4.78 is 60.4. The number of carbonyl (C=O) groups excluding carboxylic acids is 2. The number of benzene rings is 2. The molecule has 1 saturated heterocycles. The summed E-state index contributed by atoms with van der Waals surface area (Å²) in [5.41, 5.74) is -9.17. The van der Waals surface area contributed by atoms with Crippen LogP contribution in [-0.4, -0.2) is 44.0 Å². The smallest absolute Gasteiger partial charge is 0.383 e. The van der Waals surface area contributed by atoms with Crippen molar-refractivity contribution in [2.45, 2.75) is 44.0 Å². The van der Waals surface area contributed by atoms with Crippen LogP contribution in [0.15, 0.2) is 66.7 Å². The van der Waals surface area contributed by atoms with Crippen molar-refractivity contribution in [3.05, 3.63) is 77.9 Å². The zero-order valence-corrected chi connectivity index (χ0v) is 21.1. The molecule has 2 saturated carbocycles. The maximum Gasteiger partial charge on any atom is 0.451 e. The summed E-state index contributed by atoms with van der Waals surface area (Å²) in [7, 11) is -1.89. The molecule has 1 aliphatic heterocycles. The van der Waals surface area contributed by atoms with Gasteiger partial charge in [0.1, 0.15) is 11.0 Å². The first-order valence-corrected chi connectivity index (χ1v) is 13.5. The highest BCUT2D eigenvalue weighted by Crippen LogP contribution is 2.83. The molecule has 3 fully saturated rings. The Balaban J connectivity index is 1.81. The second-order valence-corrected chi connectivity index (χ2v) is 12.4. The van der Waals surface area contributed by atoms with Gasteiger partial charge in [-0.1, -0.05) is 74.5 Å². The molecule has 4 aliphatic rings. The number of carbonyl (C=O) groups is 2. The maximum absolute atomic E-state index is 14.8. The first kappa shape index (κ1) is 24.7. The van der Waals surface area contributed by atoms with Gasteiger partial charge in [-0.2, -0.15) is 13.2 Å². The van der Waals surface area contributed by atoms with E-state index < -0.39 is 62.0 Å². The van der Waals surface area contributed by atoms with Crippen molar-refractivity contribution >= 4 is 28.1 Å². The molecule has 9 heteroatoms. The molecule has 2 unspecified atom stereocenters. The van der Waals surface area contributed by atoms with E-state index in [2.05, 4.69) is 4.72 Å². The summed E-state index contributed by atoms with van der Waals surface area (Å²) in [5.74, 6) is -3.94. The fourth-order valence-corrected chi connectivity index (χ4v) is 10.7. The van der Waals surface area contributed by atoms with Gasteiger partial charge in [0.25, 0.3) is 5.78 Å². The van der Waals surface area contributed by atoms with Crippen LogP contribution in [0.3, 0.4) is 0 Å². The molecule has 194 valence electrons. The van der Waals surface area contributed by atoms with Gasteiger partial charge in [0, 0.05) is 16.7 Å². The van der Waals surface area contributed by atoms with Gasteiger partial charge in [0.05, 0.1) is 16.5 Å². The number of aliphatic hydroxyl groups is 1. The first-order chi connectivity index (χ1) is 17.3. The van der Waals surface area contributed by atoms with Crippen molar-refractivity contribution in [1.82, 2.24) is 4.72 Å². The van der Waals surface area contributed by atoms with Crippen LogP contribution in [0.2, 0.25) is 0 Å². The lowest BCUT2D eigenvalue weighted by Crippen LogP contribution is -2.76. The van der Waals surface area contributed by atoms with E-state index in [0.717, 1.165) is 0 Å². The molecule has 0 aromatic heterocycles. The standard InChI is InChI=1S/C28H26F3NO4S/c1-23(2)20-13-14-24(23)16-37(36)32-28(24)25(20,35)15-19(17-9-5-3-6-10-17)26(28,22(34)27(29,30)31)21(33)18-11-7-4-8-12-18/h3-12,15,20,32,35H,13-14,16H2,1-2H3/t20-,24-,25+,26?,28-,37?/m0/s1. The molecule has 5 nitrogen and oxygen atoms in total. The van der Waals surface area contributed by atoms with Crippen LogP contribution in [0.1, 0.15) is 42.6 Å². The largest absolute Gasteiger partial charge is 0.451 e. The normalized spacial score (nSPS) is 39.2. The summed E-state index contributed by atoms with van der Waals surface area (Å²) in [6.45, 7) is 3.69. The molecule has 0 radical (unpaired) electrons. The molecule has 1 heterocycles. The lowest BCUT2D eigenvalue weighted by Gasteiger charge is -2.55. The van der Waals surface area contributed by atoms with Crippen LogP contribution >= 0.6 is 0 Å². The monoisotopic (exact) mass is 529 g/mol. The van der Waals surface area contributed by atoms with E-state index in [-0.39, 0.29) is 22.5 Å². The van der Waals surface area contributed by atoms with Crippen LogP contribution in [0.5, 0.6) is 0 Å². The van der Waals surface area contributed by atoms with Crippen molar-refractivity contribution < 1.29 is 32.1 Å². The minimum absolute atomic E-state index is 0.0658. The quantitative estimate of drug-likeness (QED) is 0.458. The molecule has 2 spiro atoms. The third-order valence-corrected chi connectivity index (χ3v) is 11.1. The third-order valence-electron chi connectivity index (χ3n) is 9.85. The molecule has 37 heavy (non-hydrogen) atoms. The molecule has 2 aromatic rings. The van der Waals surface area contributed by atoms with Crippen LogP contribution in [0.4, 0.5) is 13.2 Å². The first-order valence-electron chi connectivity index (χ1n) is 12.2. The predicted molar refractivity (Wildman–Crippen MR) is 131 cm³/mol. The van der Waals surface area contributed by atoms with Crippen molar-refractivity contribution in [2.75, 3.05) is 5.75 Å². The highest BCUT2D eigenvalue weighted by molar-refractivity contribution is 7.83. The van der Waals surface area contributed by atoms with Crippen LogP contribution in [0.25, 0.3) is 5.57 Å².